The standard InChI is InChI=1S/C28H37N3O4S/c1-2-15-31(21-9-10-22-20(18-21)8-12-24(32)27(22)34)16-5-3-4-6-26(33)29-14-13-19-7-11-23-25(17-19)36-28(35)30-23/h7-8,11-12,17,21,32,34H,2-6,9-10,13-16,18H2,1H3,(H,29,33)(H,30,35). The van der Waals surface area contributed by atoms with Crippen molar-refractivity contribution in [2.45, 2.75) is 70.8 Å². The molecule has 0 bridgehead atoms. The van der Waals surface area contributed by atoms with Crippen LogP contribution in [-0.2, 0) is 24.1 Å². The maximum Gasteiger partial charge on any atom is 0.305 e. The summed E-state index contributed by atoms with van der Waals surface area (Å²) in [5, 5.41) is 23.0. The SMILES string of the molecule is CCCN(CCCCCC(=O)NCCc1ccc2[nH]c(=O)sc2c1)C1CCc2c(ccc(O)c2O)C1. The smallest absolute Gasteiger partial charge is 0.305 e. The number of nitrogens with one attached hydrogen (secondary N) is 2. The zero-order chi connectivity index (χ0) is 25.5. The van der Waals surface area contributed by atoms with E-state index in [1.807, 2.05) is 24.3 Å². The van der Waals surface area contributed by atoms with Crippen LogP contribution in [0.2, 0.25) is 0 Å². The van der Waals surface area contributed by atoms with Crippen molar-refractivity contribution in [2.24, 2.45) is 0 Å². The number of carbonyl (C=O) groups is 1. The number of carbonyl (C=O) groups excluding carboxylic acids is 1. The molecule has 8 heteroatoms. The lowest BCUT2D eigenvalue weighted by atomic mass is 9.86. The van der Waals surface area contributed by atoms with Gasteiger partial charge in [0, 0.05) is 24.6 Å². The number of hydrogen-bond donors (Lipinski definition) is 4. The van der Waals surface area contributed by atoms with Gasteiger partial charge in [-0.1, -0.05) is 36.8 Å². The van der Waals surface area contributed by atoms with Gasteiger partial charge in [0.05, 0.1) is 10.2 Å². The topological polar surface area (TPSA) is 106 Å². The van der Waals surface area contributed by atoms with Gasteiger partial charge >= 0.3 is 4.87 Å². The van der Waals surface area contributed by atoms with E-state index in [9.17, 15) is 19.8 Å². The molecule has 4 rings (SSSR count). The molecule has 0 saturated carbocycles. The normalized spacial score (nSPS) is 15.3. The van der Waals surface area contributed by atoms with Gasteiger partial charge in [-0.05, 0) is 87.4 Å². The third-order valence-corrected chi connectivity index (χ3v) is 7.98. The van der Waals surface area contributed by atoms with E-state index in [1.54, 1.807) is 6.07 Å². The minimum atomic E-state index is -0.0428. The highest BCUT2D eigenvalue weighted by atomic mass is 32.1. The quantitative estimate of drug-likeness (QED) is 0.212. The molecule has 1 aliphatic rings. The number of benzene rings is 2. The van der Waals surface area contributed by atoms with E-state index in [-0.39, 0.29) is 22.3 Å². The number of phenolic OH excluding ortho intramolecular Hbond substituents is 2. The lowest BCUT2D eigenvalue weighted by Gasteiger charge is -2.35. The summed E-state index contributed by atoms with van der Waals surface area (Å²) < 4.78 is 0.954. The number of unbranched alkanes of at least 4 members (excludes halogenated alkanes) is 2. The van der Waals surface area contributed by atoms with E-state index in [0.717, 1.165) is 91.4 Å². The zero-order valence-corrected chi connectivity index (χ0v) is 21.8. The predicted molar refractivity (Wildman–Crippen MR) is 145 cm³/mol. The number of nitrogens with zero attached hydrogens (tertiary/aromatic N) is 1. The van der Waals surface area contributed by atoms with Crippen LogP contribution in [0.5, 0.6) is 11.5 Å². The zero-order valence-electron chi connectivity index (χ0n) is 21.0. The highest BCUT2D eigenvalue weighted by Crippen LogP contribution is 2.36. The molecule has 1 unspecified atom stereocenters. The van der Waals surface area contributed by atoms with Gasteiger partial charge in [-0.15, -0.1) is 0 Å². The van der Waals surface area contributed by atoms with Crippen LogP contribution in [0.25, 0.3) is 10.2 Å². The molecule has 1 heterocycles. The van der Waals surface area contributed by atoms with Gasteiger partial charge in [-0.2, -0.15) is 0 Å². The van der Waals surface area contributed by atoms with Crippen LogP contribution in [0.15, 0.2) is 35.1 Å². The van der Waals surface area contributed by atoms with E-state index in [1.165, 1.54) is 11.3 Å². The van der Waals surface area contributed by atoms with Crippen molar-refractivity contribution < 1.29 is 15.0 Å². The monoisotopic (exact) mass is 511 g/mol. The Morgan fingerprint density at radius 3 is 2.86 bits per heavy atom. The summed E-state index contributed by atoms with van der Waals surface area (Å²) in [6.45, 7) is 4.88. The number of fused-ring (bicyclic) bond motifs is 2. The predicted octanol–water partition coefficient (Wildman–Crippen LogP) is 4.49. The third-order valence-electron chi connectivity index (χ3n) is 7.14. The number of hydrogen-bond acceptors (Lipinski definition) is 6. The van der Waals surface area contributed by atoms with Gasteiger partial charge in [-0.25, -0.2) is 0 Å². The van der Waals surface area contributed by atoms with Crippen LogP contribution >= 0.6 is 11.3 Å². The average molecular weight is 512 g/mol. The van der Waals surface area contributed by atoms with Gasteiger partial charge in [0.1, 0.15) is 0 Å². The molecule has 3 aromatic rings. The Hall–Kier alpha value is -2.84. The van der Waals surface area contributed by atoms with Crippen molar-refractivity contribution in [3.05, 3.63) is 56.7 Å². The molecule has 1 aliphatic carbocycles. The average Bonchev–Trinajstić information content (AvgIpc) is 3.24. The summed E-state index contributed by atoms with van der Waals surface area (Å²) in [4.78, 5) is 29.0. The molecule has 0 spiro atoms. The van der Waals surface area contributed by atoms with Crippen molar-refractivity contribution in [1.29, 1.82) is 0 Å². The highest BCUT2D eigenvalue weighted by Gasteiger charge is 2.26. The molecular weight excluding hydrogens is 474 g/mol. The van der Waals surface area contributed by atoms with Gasteiger partial charge in [0.25, 0.3) is 0 Å². The summed E-state index contributed by atoms with van der Waals surface area (Å²) >= 11 is 1.21. The first kappa shape index (κ1) is 26.2. The fourth-order valence-corrected chi connectivity index (χ4v) is 6.04. The number of amides is 1. The molecule has 1 amide bonds. The molecule has 0 fully saturated rings. The van der Waals surface area contributed by atoms with Crippen LogP contribution < -0.4 is 10.2 Å². The van der Waals surface area contributed by atoms with Crippen LogP contribution in [0, 0.1) is 0 Å². The molecule has 0 radical (unpaired) electrons. The molecular formula is C28H37N3O4S. The summed E-state index contributed by atoms with van der Waals surface area (Å²) in [6, 6.07) is 9.93. The first-order valence-corrected chi connectivity index (χ1v) is 13.9. The van der Waals surface area contributed by atoms with Crippen molar-refractivity contribution >= 4 is 27.5 Å². The Morgan fingerprint density at radius 2 is 2.03 bits per heavy atom. The highest BCUT2D eigenvalue weighted by molar-refractivity contribution is 7.16. The third kappa shape index (κ3) is 6.68. The van der Waals surface area contributed by atoms with Crippen LogP contribution in [0.3, 0.4) is 0 Å². The maximum atomic E-state index is 12.3. The lowest BCUT2D eigenvalue weighted by molar-refractivity contribution is -0.121. The molecule has 1 atom stereocenters. The van der Waals surface area contributed by atoms with Crippen molar-refractivity contribution in [3.8, 4) is 11.5 Å². The Morgan fingerprint density at radius 1 is 1.17 bits per heavy atom. The van der Waals surface area contributed by atoms with Crippen molar-refractivity contribution in [2.75, 3.05) is 19.6 Å². The van der Waals surface area contributed by atoms with Gasteiger partial charge in [-0.3, -0.25) is 9.59 Å². The largest absolute Gasteiger partial charge is 0.504 e. The number of aromatic hydroxyl groups is 2. The molecule has 7 nitrogen and oxygen atoms in total. The second-order valence-electron chi connectivity index (χ2n) is 9.76. The maximum absolute atomic E-state index is 12.3. The number of rotatable bonds is 12. The number of phenols is 2. The fraction of sp³-hybridized carbons (Fsp3) is 0.500. The lowest BCUT2D eigenvalue weighted by Crippen LogP contribution is -2.40. The Kier molecular flexibility index (Phi) is 9.04. The molecule has 2 aromatic carbocycles. The van der Waals surface area contributed by atoms with Crippen LogP contribution in [0.1, 0.15) is 62.1 Å². The number of aromatic amines is 1. The molecule has 1 aromatic heterocycles. The minimum absolute atomic E-state index is 0.0285. The van der Waals surface area contributed by atoms with Crippen LogP contribution in [0.4, 0.5) is 0 Å². The van der Waals surface area contributed by atoms with Crippen LogP contribution in [-0.4, -0.2) is 51.7 Å². The Balaban J connectivity index is 1.14. The van der Waals surface area contributed by atoms with E-state index in [0.29, 0.717) is 19.0 Å². The minimum Gasteiger partial charge on any atom is -0.504 e. The second kappa shape index (κ2) is 12.4. The van der Waals surface area contributed by atoms with Crippen molar-refractivity contribution in [1.82, 2.24) is 15.2 Å². The van der Waals surface area contributed by atoms with Gasteiger partial charge in [0.2, 0.25) is 5.91 Å². The van der Waals surface area contributed by atoms with E-state index < -0.39 is 0 Å². The molecule has 36 heavy (non-hydrogen) atoms. The first-order chi connectivity index (χ1) is 17.4. The van der Waals surface area contributed by atoms with Crippen molar-refractivity contribution in [3.63, 3.8) is 0 Å². The van der Waals surface area contributed by atoms with E-state index in [4.69, 9.17) is 0 Å². The Bertz CT molecular complexity index is 1240. The molecule has 194 valence electrons. The summed E-state index contributed by atoms with van der Waals surface area (Å²) in [5.41, 5.74) is 4.02. The summed E-state index contributed by atoms with van der Waals surface area (Å²) in [6.07, 6.45) is 8.06. The number of thiazole rings is 1. The van der Waals surface area contributed by atoms with Gasteiger partial charge in [0.15, 0.2) is 11.5 Å². The first-order valence-electron chi connectivity index (χ1n) is 13.1. The van der Waals surface area contributed by atoms with Gasteiger partial charge < -0.3 is 25.4 Å². The second-order valence-corrected chi connectivity index (χ2v) is 10.8. The molecule has 0 aliphatic heterocycles. The summed E-state index contributed by atoms with van der Waals surface area (Å²) in [5.74, 6) is 0.116. The van der Waals surface area contributed by atoms with E-state index in [2.05, 4.69) is 22.1 Å². The Labute approximate surface area is 216 Å². The summed E-state index contributed by atoms with van der Waals surface area (Å²) in [7, 11) is 0. The number of H-pyrrole nitrogens is 1. The molecule has 4 N–H and O–H groups in total. The van der Waals surface area contributed by atoms with E-state index >= 15 is 0 Å². The number of aromatic nitrogens is 1. The fourth-order valence-electron chi connectivity index (χ4n) is 5.24. The molecule has 0 saturated heterocycles.